The zero-order valence-corrected chi connectivity index (χ0v) is 10.8. The largest absolute Gasteiger partial charge is 0.472 e. The molecule has 0 spiro atoms. The summed E-state index contributed by atoms with van der Waals surface area (Å²) in [4.78, 5) is 2.58. The van der Waals surface area contributed by atoms with E-state index in [4.69, 9.17) is 4.42 Å². The first kappa shape index (κ1) is 12.7. The minimum atomic E-state index is 0.919. The Morgan fingerprint density at radius 3 is 2.88 bits per heavy atom. The Kier molecular flexibility index (Phi) is 5.08. The molecule has 1 aromatic rings. The zero-order valence-electron chi connectivity index (χ0n) is 10.8. The van der Waals surface area contributed by atoms with E-state index >= 15 is 0 Å². The number of hydrogen-bond acceptors (Lipinski definition) is 3. The van der Waals surface area contributed by atoms with Crippen LogP contribution in [-0.2, 0) is 6.54 Å². The highest BCUT2D eigenvalue weighted by atomic mass is 16.3. The van der Waals surface area contributed by atoms with E-state index in [0.717, 1.165) is 19.0 Å². The van der Waals surface area contributed by atoms with Gasteiger partial charge < -0.3 is 14.6 Å². The second-order valence-corrected chi connectivity index (χ2v) is 5.00. The predicted octanol–water partition coefficient (Wildman–Crippen LogP) is 2.49. The van der Waals surface area contributed by atoms with Gasteiger partial charge in [0.25, 0.3) is 0 Å². The van der Waals surface area contributed by atoms with Crippen LogP contribution in [0.1, 0.15) is 31.7 Å². The first-order chi connectivity index (χ1) is 8.38. The third-order valence-corrected chi connectivity index (χ3v) is 3.80. The molecule has 1 fully saturated rings. The van der Waals surface area contributed by atoms with E-state index in [0.29, 0.717) is 0 Å². The first-order valence-corrected chi connectivity index (χ1v) is 6.82. The molecule has 0 aliphatic carbocycles. The summed E-state index contributed by atoms with van der Waals surface area (Å²) in [5, 5.41) is 3.46. The molecule has 96 valence electrons. The van der Waals surface area contributed by atoms with Gasteiger partial charge in [-0.25, -0.2) is 0 Å². The van der Waals surface area contributed by atoms with Gasteiger partial charge in [0.05, 0.1) is 12.5 Å². The molecule has 1 aliphatic rings. The molecule has 3 nitrogen and oxygen atoms in total. The maximum absolute atomic E-state index is 5.04. The summed E-state index contributed by atoms with van der Waals surface area (Å²) in [7, 11) is 0. The lowest BCUT2D eigenvalue weighted by Crippen LogP contribution is -2.38. The topological polar surface area (TPSA) is 28.4 Å². The fourth-order valence-electron chi connectivity index (χ4n) is 2.48. The Hall–Kier alpha value is -0.800. The number of nitrogens with zero attached hydrogens (tertiary/aromatic N) is 1. The second-order valence-electron chi connectivity index (χ2n) is 5.00. The van der Waals surface area contributed by atoms with Crippen molar-refractivity contribution >= 4 is 0 Å². The minimum absolute atomic E-state index is 0.919. The molecule has 0 amide bonds. The van der Waals surface area contributed by atoms with Crippen LogP contribution in [0.25, 0.3) is 0 Å². The van der Waals surface area contributed by atoms with E-state index in [1.165, 1.54) is 44.5 Å². The lowest BCUT2D eigenvalue weighted by Gasteiger charge is -2.31. The number of rotatable bonds is 6. The molecule has 2 heterocycles. The summed E-state index contributed by atoms with van der Waals surface area (Å²) in [6, 6.07) is 2.01. The van der Waals surface area contributed by atoms with Gasteiger partial charge in [0.15, 0.2) is 0 Å². The number of furan rings is 1. The van der Waals surface area contributed by atoms with Gasteiger partial charge in [-0.05, 0) is 37.9 Å². The van der Waals surface area contributed by atoms with E-state index in [9.17, 15) is 0 Å². The van der Waals surface area contributed by atoms with Crippen LogP contribution >= 0.6 is 0 Å². The molecule has 0 unspecified atom stereocenters. The summed E-state index contributed by atoms with van der Waals surface area (Å²) in [5.74, 6) is 0.977. The van der Waals surface area contributed by atoms with Crippen molar-refractivity contribution in [1.82, 2.24) is 10.2 Å². The summed E-state index contributed by atoms with van der Waals surface area (Å²) in [5.41, 5.74) is 1.23. The highest BCUT2D eigenvalue weighted by Gasteiger charge is 2.16. The molecule has 2 rings (SSSR count). The molecule has 0 aromatic carbocycles. The molecule has 3 heteroatoms. The van der Waals surface area contributed by atoms with E-state index < -0.39 is 0 Å². The molecule has 17 heavy (non-hydrogen) atoms. The molecule has 0 bridgehead atoms. The number of nitrogens with one attached hydrogen (secondary N) is 1. The molecule has 0 radical (unpaired) electrons. The van der Waals surface area contributed by atoms with Gasteiger partial charge in [-0.3, -0.25) is 0 Å². The third kappa shape index (κ3) is 4.17. The van der Waals surface area contributed by atoms with Gasteiger partial charge >= 0.3 is 0 Å². The van der Waals surface area contributed by atoms with Gasteiger partial charge in [0, 0.05) is 25.2 Å². The average molecular weight is 236 g/mol. The average Bonchev–Trinajstić information content (AvgIpc) is 2.88. The molecule has 0 atom stereocenters. The van der Waals surface area contributed by atoms with E-state index in [-0.39, 0.29) is 0 Å². The molecule has 1 N–H and O–H groups in total. The van der Waals surface area contributed by atoms with Crippen LogP contribution in [0.5, 0.6) is 0 Å². The van der Waals surface area contributed by atoms with Gasteiger partial charge in [-0.2, -0.15) is 0 Å². The van der Waals surface area contributed by atoms with Crippen LogP contribution < -0.4 is 5.32 Å². The summed E-state index contributed by atoms with van der Waals surface area (Å²) >= 11 is 0. The van der Waals surface area contributed by atoms with Crippen LogP contribution in [0.3, 0.4) is 0 Å². The first-order valence-electron chi connectivity index (χ1n) is 6.82. The highest BCUT2D eigenvalue weighted by molar-refractivity contribution is 5.04. The van der Waals surface area contributed by atoms with Crippen LogP contribution in [0.2, 0.25) is 0 Å². The van der Waals surface area contributed by atoms with Crippen LogP contribution in [0, 0.1) is 5.92 Å². The zero-order chi connectivity index (χ0) is 11.9. The normalized spacial score (nSPS) is 18.6. The van der Waals surface area contributed by atoms with Crippen molar-refractivity contribution in [3.05, 3.63) is 24.2 Å². The van der Waals surface area contributed by atoms with Gasteiger partial charge in [-0.15, -0.1) is 0 Å². The van der Waals surface area contributed by atoms with Crippen LogP contribution in [0.15, 0.2) is 23.0 Å². The van der Waals surface area contributed by atoms with Crippen molar-refractivity contribution in [3.63, 3.8) is 0 Å². The molecule has 1 aromatic heterocycles. The summed E-state index contributed by atoms with van der Waals surface area (Å²) in [6.07, 6.45) is 7.66. The van der Waals surface area contributed by atoms with Crippen molar-refractivity contribution in [2.75, 3.05) is 26.2 Å². The summed E-state index contributed by atoms with van der Waals surface area (Å²) in [6.45, 7) is 8.04. The van der Waals surface area contributed by atoms with Crippen molar-refractivity contribution in [2.45, 2.75) is 32.7 Å². The van der Waals surface area contributed by atoms with Crippen molar-refractivity contribution in [3.8, 4) is 0 Å². The Balaban J connectivity index is 1.54. The third-order valence-electron chi connectivity index (χ3n) is 3.80. The molecule has 0 saturated carbocycles. The Morgan fingerprint density at radius 2 is 2.24 bits per heavy atom. The van der Waals surface area contributed by atoms with Gasteiger partial charge in [0.2, 0.25) is 0 Å². The van der Waals surface area contributed by atoms with Crippen LogP contribution in [-0.4, -0.2) is 31.1 Å². The lowest BCUT2D eigenvalue weighted by molar-refractivity contribution is 0.182. The van der Waals surface area contributed by atoms with Gasteiger partial charge in [-0.1, -0.05) is 13.3 Å². The minimum Gasteiger partial charge on any atom is -0.472 e. The quantitative estimate of drug-likeness (QED) is 0.769. The van der Waals surface area contributed by atoms with E-state index in [1.54, 1.807) is 12.5 Å². The monoisotopic (exact) mass is 236 g/mol. The molecule has 1 aliphatic heterocycles. The fourth-order valence-corrected chi connectivity index (χ4v) is 2.48. The van der Waals surface area contributed by atoms with Crippen molar-refractivity contribution in [1.29, 1.82) is 0 Å². The Labute approximate surface area is 104 Å². The van der Waals surface area contributed by atoms with Gasteiger partial charge in [0.1, 0.15) is 0 Å². The van der Waals surface area contributed by atoms with E-state index in [2.05, 4.69) is 17.1 Å². The molecule has 1 saturated heterocycles. The smallest absolute Gasteiger partial charge is 0.0947 e. The SMILES string of the molecule is CCC1CCN(CCNCc2ccoc2)CC1. The maximum atomic E-state index is 5.04. The number of hydrogen-bond donors (Lipinski definition) is 1. The standard InChI is InChI=1S/C14H24N2O/c1-2-13-3-7-16(8-4-13)9-6-15-11-14-5-10-17-12-14/h5,10,12-13,15H,2-4,6-9,11H2,1H3. The second kappa shape index (κ2) is 6.82. The van der Waals surface area contributed by atoms with E-state index in [1.807, 2.05) is 6.07 Å². The lowest BCUT2D eigenvalue weighted by atomic mass is 9.94. The highest BCUT2D eigenvalue weighted by Crippen LogP contribution is 2.19. The Bertz CT molecular complexity index is 289. The summed E-state index contributed by atoms with van der Waals surface area (Å²) < 4.78 is 5.04. The van der Waals surface area contributed by atoms with Crippen LogP contribution in [0.4, 0.5) is 0 Å². The molecular formula is C14H24N2O. The number of piperidine rings is 1. The Morgan fingerprint density at radius 1 is 1.41 bits per heavy atom. The number of likely N-dealkylation sites (tertiary alicyclic amines) is 1. The fraction of sp³-hybridized carbons (Fsp3) is 0.714. The molecular weight excluding hydrogens is 212 g/mol. The predicted molar refractivity (Wildman–Crippen MR) is 69.9 cm³/mol. The van der Waals surface area contributed by atoms with Crippen molar-refractivity contribution in [2.24, 2.45) is 5.92 Å². The van der Waals surface area contributed by atoms with Crippen molar-refractivity contribution < 1.29 is 4.42 Å². The maximum Gasteiger partial charge on any atom is 0.0947 e.